The third-order valence-corrected chi connectivity index (χ3v) is 6.69. The fourth-order valence-electron chi connectivity index (χ4n) is 4.45. The summed E-state index contributed by atoms with van der Waals surface area (Å²) < 4.78 is 30.6. The van der Waals surface area contributed by atoms with Crippen LogP contribution in [0.15, 0.2) is 71.2 Å². The van der Waals surface area contributed by atoms with E-state index in [9.17, 15) is 13.6 Å². The molecule has 1 amide bonds. The number of imidazole rings is 1. The van der Waals surface area contributed by atoms with Gasteiger partial charge in [0.25, 0.3) is 0 Å². The predicted molar refractivity (Wildman–Crippen MR) is 133 cm³/mol. The third-order valence-electron chi connectivity index (χ3n) is 6.20. The maximum Gasteiger partial charge on any atom is 0.227 e. The van der Waals surface area contributed by atoms with E-state index in [1.165, 1.54) is 18.2 Å². The van der Waals surface area contributed by atoms with E-state index < -0.39 is 5.82 Å². The Hall–Kier alpha value is -3.26. The van der Waals surface area contributed by atoms with Crippen molar-refractivity contribution in [3.8, 4) is 0 Å². The van der Waals surface area contributed by atoms with Crippen molar-refractivity contribution >= 4 is 44.5 Å². The summed E-state index contributed by atoms with van der Waals surface area (Å²) >= 11 is 3.23. The van der Waals surface area contributed by atoms with Crippen molar-refractivity contribution in [1.82, 2.24) is 9.55 Å². The highest BCUT2D eigenvalue weighted by Gasteiger charge is 2.28. The van der Waals surface area contributed by atoms with Gasteiger partial charge in [-0.1, -0.05) is 40.2 Å². The molecule has 3 aromatic carbocycles. The van der Waals surface area contributed by atoms with Crippen LogP contribution in [0.25, 0.3) is 11.0 Å². The molecule has 4 aromatic rings. The standard InChI is InChI=1S/C26H23BrF2N4O/c27-19-8-9-22(21(29)15-19)30-25(34)18-10-12-32(13-11-18)26-31-23-6-1-2-7-24(23)33(26)16-17-4-3-5-20(28)14-17/h1-9,14-15,18H,10-13,16H2,(H,30,34). The molecule has 1 N–H and O–H groups in total. The minimum Gasteiger partial charge on any atom is -0.342 e. The van der Waals surface area contributed by atoms with Gasteiger partial charge in [0, 0.05) is 23.5 Å². The number of carbonyl (C=O) groups is 1. The monoisotopic (exact) mass is 524 g/mol. The fourth-order valence-corrected chi connectivity index (χ4v) is 4.78. The van der Waals surface area contributed by atoms with Gasteiger partial charge in [-0.05, 0) is 60.9 Å². The molecule has 1 aliphatic rings. The van der Waals surface area contributed by atoms with Crippen LogP contribution in [0.5, 0.6) is 0 Å². The van der Waals surface area contributed by atoms with E-state index >= 15 is 0 Å². The molecule has 8 heteroatoms. The molecule has 34 heavy (non-hydrogen) atoms. The summed E-state index contributed by atoms with van der Waals surface area (Å²) in [6, 6.07) is 19.1. The van der Waals surface area contributed by atoms with Crippen LogP contribution < -0.4 is 10.2 Å². The molecule has 5 nitrogen and oxygen atoms in total. The highest BCUT2D eigenvalue weighted by molar-refractivity contribution is 9.10. The molecular formula is C26H23BrF2N4O. The number of halogens is 3. The van der Waals surface area contributed by atoms with E-state index in [2.05, 4.69) is 30.7 Å². The predicted octanol–water partition coefficient (Wildman–Crippen LogP) is 5.98. The summed E-state index contributed by atoms with van der Waals surface area (Å²) in [6.07, 6.45) is 1.26. The Morgan fingerprint density at radius 1 is 1.03 bits per heavy atom. The molecule has 0 unspecified atom stereocenters. The Morgan fingerprint density at radius 2 is 1.82 bits per heavy atom. The Bertz CT molecular complexity index is 1350. The lowest BCUT2D eigenvalue weighted by Gasteiger charge is -2.32. The Labute approximate surface area is 204 Å². The van der Waals surface area contributed by atoms with E-state index in [1.54, 1.807) is 18.2 Å². The van der Waals surface area contributed by atoms with Gasteiger partial charge in [-0.25, -0.2) is 13.8 Å². The molecule has 2 heterocycles. The van der Waals surface area contributed by atoms with Crippen LogP contribution >= 0.6 is 15.9 Å². The largest absolute Gasteiger partial charge is 0.342 e. The summed E-state index contributed by atoms with van der Waals surface area (Å²) in [5.41, 5.74) is 2.90. The molecule has 0 radical (unpaired) electrons. The number of rotatable bonds is 5. The highest BCUT2D eigenvalue weighted by Crippen LogP contribution is 2.29. The van der Waals surface area contributed by atoms with Gasteiger partial charge in [0.2, 0.25) is 11.9 Å². The molecule has 5 rings (SSSR count). The molecule has 1 fully saturated rings. The molecule has 0 aliphatic carbocycles. The zero-order valence-electron chi connectivity index (χ0n) is 18.3. The van der Waals surface area contributed by atoms with Crippen LogP contribution in [-0.2, 0) is 11.3 Å². The second-order valence-corrected chi connectivity index (χ2v) is 9.41. The van der Waals surface area contributed by atoms with Crippen LogP contribution in [0.3, 0.4) is 0 Å². The van der Waals surface area contributed by atoms with Gasteiger partial charge in [-0.3, -0.25) is 4.79 Å². The molecule has 0 bridgehead atoms. The average Bonchev–Trinajstić information content (AvgIpc) is 3.19. The molecule has 0 saturated carbocycles. The first-order valence-corrected chi connectivity index (χ1v) is 12.0. The first-order chi connectivity index (χ1) is 16.5. The maximum absolute atomic E-state index is 14.1. The molecular weight excluding hydrogens is 502 g/mol. The molecule has 0 spiro atoms. The maximum atomic E-state index is 14.1. The van der Waals surface area contributed by atoms with Gasteiger partial charge < -0.3 is 14.8 Å². The van der Waals surface area contributed by atoms with Crippen molar-refractivity contribution in [3.05, 3.63) is 88.4 Å². The number of para-hydroxylation sites is 2. The number of amides is 1. The number of fused-ring (bicyclic) bond motifs is 1. The van der Waals surface area contributed by atoms with Gasteiger partial charge in [0.1, 0.15) is 11.6 Å². The second-order valence-electron chi connectivity index (χ2n) is 8.49. The summed E-state index contributed by atoms with van der Waals surface area (Å²) in [7, 11) is 0. The van der Waals surface area contributed by atoms with Crippen molar-refractivity contribution in [2.75, 3.05) is 23.3 Å². The van der Waals surface area contributed by atoms with E-state index in [1.807, 2.05) is 30.3 Å². The molecule has 1 aromatic heterocycles. The molecule has 1 aliphatic heterocycles. The fraction of sp³-hybridized carbons (Fsp3) is 0.231. The van der Waals surface area contributed by atoms with Crippen LogP contribution in [0.2, 0.25) is 0 Å². The van der Waals surface area contributed by atoms with E-state index in [-0.39, 0.29) is 23.3 Å². The van der Waals surface area contributed by atoms with Crippen LogP contribution in [-0.4, -0.2) is 28.5 Å². The number of carbonyl (C=O) groups excluding carboxylic acids is 1. The quantitative estimate of drug-likeness (QED) is 0.349. The normalized spacial score (nSPS) is 14.5. The smallest absolute Gasteiger partial charge is 0.227 e. The minimum absolute atomic E-state index is 0.172. The number of piperidine rings is 1. The number of nitrogens with zero attached hydrogens (tertiary/aromatic N) is 3. The van der Waals surface area contributed by atoms with Crippen LogP contribution in [0.1, 0.15) is 18.4 Å². The molecule has 174 valence electrons. The van der Waals surface area contributed by atoms with Crippen LogP contribution in [0.4, 0.5) is 20.4 Å². The van der Waals surface area contributed by atoms with Gasteiger partial charge >= 0.3 is 0 Å². The number of hydrogen-bond acceptors (Lipinski definition) is 3. The lowest BCUT2D eigenvalue weighted by molar-refractivity contribution is -0.120. The third kappa shape index (κ3) is 4.68. The zero-order valence-corrected chi connectivity index (χ0v) is 19.9. The zero-order chi connectivity index (χ0) is 23.7. The summed E-state index contributed by atoms with van der Waals surface area (Å²) in [5, 5.41) is 2.72. The SMILES string of the molecule is O=C(Nc1ccc(Br)cc1F)C1CCN(c2nc3ccccc3n2Cc2cccc(F)c2)CC1. The van der Waals surface area contributed by atoms with Gasteiger partial charge in [0.05, 0.1) is 23.3 Å². The Balaban J connectivity index is 1.33. The lowest BCUT2D eigenvalue weighted by Crippen LogP contribution is -2.39. The highest BCUT2D eigenvalue weighted by atomic mass is 79.9. The molecule has 0 atom stereocenters. The average molecular weight is 525 g/mol. The summed E-state index contributed by atoms with van der Waals surface area (Å²) in [5.74, 6) is -0.304. The van der Waals surface area contributed by atoms with E-state index in [0.29, 0.717) is 36.9 Å². The number of aromatic nitrogens is 2. The van der Waals surface area contributed by atoms with Gasteiger partial charge in [0.15, 0.2) is 0 Å². The summed E-state index contributed by atoms with van der Waals surface area (Å²) in [4.78, 5) is 19.8. The Morgan fingerprint density at radius 3 is 2.59 bits per heavy atom. The van der Waals surface area contributed by atoms with Crippen molar-refractivity contribution in [1.29, 1.82) is 0 Å². The number of anilines is 2. The lowest BCUT2D eigenvalue weighted by atomic mass is 9.96. The van der Waals surface area contributed by atoms with E-state index in [0.717, 1.165) is 22.5 Å². The first kappa shape index (κ1) is 22.5. The van der Waals surface area contributed by atoms with Crippen molar-refractivity contribution in [2.24, 2.45) is 5.92 Å². The number of nitrogens with one attached hydrogen (secondary N) is 1. The van der Waals surface area contributed by atoms with Crippen LogP contribution in [0, 0.1) is 17.6 Å². The number of benzene rings is 3. The Kier molecular flexibility index (Phi) is 6.32. The van der Waals surface area contributed by atoms with Gasteiger partial charge in [-0.15, -0.1) is 0 Å². The minimum atomic E-state index is -0.466. The van der Waals surface area contributed by atoms with Crippen molar-refractivity contribution in [2.45, 2.75) is 19.4 Å². The second kappa shape index (κ2) is 9.54. The molecule has 1 saturated heterocycles. The first-order valence-electron chi connectivity index (χ1n) is 11.2. The van der Waals surface area contributed by atoms with Crippen molar-refractivity contribution in [3.63, 3.8) is 0 Å². The summed E-state index contributed by atoms with van der Waals surface area (Å²) in [6.45, 7) is 1.79. The van der Waals surface area contributed by atoms with Gasteiger partial charge in [-0.2, -0.15) is 0 Å². The van der Waals surface area contributed by atoms with E-state index in [4.69, 9.17) is 4.98 Å². The topological polar surface area (TPSA) is 50.2 Å². The van der Waals surface area contributed by atoms with Crippen molar-refractivity contribution < 1.29 is 13.6 Å². The number of hydrogen-bond donors (Lipinski definition) is 1.